The third-order valence-electron chi connectivity index (χ3n) is 3.47. The van der Waals surface area contributed by atoms with E-state index in [-0.39, 0.29) is 0 Å². The highest BCUT2D eigenvalue weighted by atomic mass is 32.1. The van der Waals surface area contributed by atoms with Gasteiger partial charge in [-0.3, -0.25) is 0 Å². The SMILES string of the molecule is Cc1ccc(Nc2nccc(-c3nc(C)c(C)s3)n2)cc1N=O. The van der Waals surface area contributed by atoms with Gasteiger partial charge in [0, 0.05) is 16.8 Å². The molecule has 0 unspecified atom stereocenters. The van der Waals surface area contributed by atoms with Crippen molar-refractivity contribution in [2.24, 2.45) is 5.18 Å². The molecule has 0 radical (unpaired) electrons. The van der Waals surface area contributed by atoms with Gasteiger partial charge in [0.15, 0.2) is 0 Å². The van der Waals surface area contributed by atoms with Crippen LogP contribution in [-0.2, 0) is 0 Å². The molecule has 0 aliphatic rings. The van der Waals surface area contributed by atoms with Gasteiger partial charge in [-0.25, -0.2) is 15.0 Å². The van der Waals surface area contributed by atoms with E-state index in [1.807, 2.05) is 39.0 Å². The Morgan fingerprint density at radius 3 is 2.65 bits per heavy atom. The molecule has 0 saturated heterocycles. The molecule has 1 N–H and O–H groups in total. The van der Waals surface area contributed by atoms with Crippen LogP contribution in [-0.4, -0.2) is 15.0 Å². The Morgan fingerprint density at radius 1 is 1.13 bits per heavy atom. The van der Waals surface area contributed by atoms with Crippen LogP contribution >= 0.6 is 11.3 Å². The molecule has 0 amide bonds. The number of nitrogens with zero attached hydrogens (tertiary/aromatic N) is 4. The average Bonchev–Trinajstić information content (AvgIpc) is 2.89. The molecule has 0 aliphatic carbocycles. The molecule has 6 nitrogen and oxygen atoms in total. The monoisotopic (exact) mass is 325 g/mol. The van der Waals surface area contributed by atoms with Gasteiger partial charge >= 0.3 is 0 Å². The molecule has 2 heterocycles. The number of aromatic nitrogens is 3. The highest BCUT2D eigenvalue weighted by Gasteiger charge is 2.09. The minimum atomic E-state index is 0.400. The van der Waals surface area contributed by atoms with Crippen molar-refractivity contribution < 1.29 is 0 Å². The third kappa shape index (κ3) is 3.24. The van der Waals surface area contributed by atoms with Gasteiger partial charge < -0.3 is 5.32 Å². The Bertz CT molecular complexity index is 855. The Hall–Kier alpha value is -2.67. The van der Waals surface area contributed by atoms with Crippen LogP contribution in [0.3, 0.4) is 0 Å². The summed E-state index contributed by atoms with van der Waals surface area (Å²) in [5.74, 6) is 0.453. The number of hydrogen-bond donors (Lipinski definition) is 1. The lowest BCUT2D eigenvalue weighted by molar-refractivity contribution is 1.15. The first-order chi connectivity index (χ1) is 11.1. The number of nitroso groups, excluding NO2 is 1. The maximum atomic E-state index is 10.8. The van der Waals surface area contributed by atoms with Gasteiger partial charge in [0.1, 0.15) is 16.4 Å². The van der Waals surface area contributed by atoms with E-state index in [9.17, 15) is 4.91 Å². The number of rotatable bonds is 4. The van der Waals surface area contributed by atoms with Gasteiger partial charge in [-0.2, -0.15) is 0 Å². The number of benzene rings is 1. The molecule has 23 heavy (non-hydrogen) atoms. The number of nitrogens with one attached hydrogen (secondary N) is 1. The Labute approximate surface area is 137 Å². The van der Waals surface area contributed by atoms with E-state index in [1.165, 1.54) is 4.88 Å². The lowest BCUT2D eigenvalue weighted by Gasteiger charge is -2.06. The number of thiazole rings is 1. The minimum absolute atomic E-state index is 0.400. The zero-order valence-electron chi connectivity index (χ0n) is 13.0. The van der Waals surface area contributed by atoms with Crippen molar-refractivity contribution in [3.8, 4) is 10.7 Å². The standard InChI is InChI=1S/C16H15N5OS/c1-9-4-5-12(8-14(9)21-22)19-16-17-7-6-13(20-16)15-18-10(2)11(3)23-15/h4-8H,1-3H3,(H,17,19,20). The predicted molar refractivity (Wildman–Crippen MR) is 92.5 cm³/mol. The summed E-state index contributed by atoms with van der Waals surface area (Å²) in [5.41, 5.74) is 3.73. The molecular formula is C16H15N5OS. The van der Waals surface area contributed by atoms with Crippen molar-refractivity contribution in [1.82, 2.24) is 15.0 Å². The van der Waals surface area contributed by atoms with Crippen LogP contribution in [0, 0.1) is 25.7 Å². The molecule has 3 rings (SSSR count). The smallest absolute Gasteiger partial charge is 0.227 e. The Morgan fingerprint density at radius 2 is 1.96 bits per heavy atom. The summed E-state index contributed by atoms with van der Waals surface area (Å²) < 4.78 is 0. The van der Waals surface area contributed by atoms with E-state index < -0.39 is 0 Å². The summed E-state index contributed by atoms with van der Waals surface area (Å²) in [7, 11) is 0. The number of hydrogen-bond acceptors (Lipinski definition) is 7. The number of anilines is 2. The second-order valence-corrected chi connectivity index (χ2v) is 6.35. The zero-order chi connectivity index (χ0) is 16.4. The van der Waals surface area contributed by atoms with E-state index in [4.69, 9.17) is 0 Å². The van der Waals surface area contributed by atoms with Gasteiger partial charge in [0.25, 0.3) is 0 Å². The highest BCUT2D eigenvalue weighted by molar-refractivity contribution is 7.15. The molecule has 7 heteroatoms. The molecule has 1 aromatic carbocycles. The topological polar surface area (TPSA) is 80.1 Å². The normalized spacial score (nSPS) is 10.6. The van der Waals surface area contributed by atoms with Gasteiger partial charge in [0.2, 0.25) is 5.95 Å². The first-order valence-corrected chi connectivity index (χ1v) is 7.87. The lowest BCUT2D eigenvalue weighted by atomic mass is 10.2. The van der Waals surface area contributed by atoms with E-state index in [0.717, 1.165) is 22.0 Å². The van der Waals surface area contributed by atoms with Crippen LogP contribution in [0.5, 0.6) is 0 Å². The van der Waals surface area contributed by atoms with E-state index in [0.29, 0.717) is 17.3 Å². The molecule has 0 bridgehead atoms. The molecule has 116 valence electrons. The Kier molecular flexibility index (Phi) is 4.12. The van der Waals surface area contributed by atoms with Crippen molar-refractivity contribution in [3.05, 3.63) is 51.5 Å². The van der Waals surface area contributed by atoms with Crippen molar-refractivity contribution in [2.75, 3.05) is 5.32 Å². The zero-order valence-corrected chi connectivity index (χ0v) is 13.8. The fourth-order valence-electron chi connectivity index (χ4n) is 2.03. The second-order valence-electron chi connectivity index (χ2n) is 5.14. The molecule has 3 aromatic rings. The average molecular weight is 325 g/mol. The van der Waals surface area contributed by atoms with Crippen LogP contribution < -0.4 is 5.32 Å². The van der Waals surface area contributed by atoms with Gasteiger partial charge in [0.05, 0.1) is 5.69 Å². The maximum Gasteiger partial charge on any atom is 0.227 e. The van der Waals surface area contributed by atoms with Crippen LogP contribution in [0.15, 0.2) is 35.6 Å². The Balaban J connectivity index is 1.89. The minimum Gasteiger partial charge on any atom is -0.324 e. The van der Waals surface area contributed by atoms with Gasteiger partial charge in [-0.15, -0.1) is 16.2 Å². The molecule has 2 aromatic heterocycles. The summed E-state index contributed by atoms with van der Waals surface area (Å²) >= 11 is 1.60. The number of aryl methyl sites for hydroxylation is 3. The van der Waals surface area contributed by atoms with E-state index in [2.05, 4.69) is 25.4 Å². The molecule has 0 atom stereocenters. The largest absolute Gasteiger partial charge is 0.324 e. The third-order valence-corrected chi connectivity index (χ3v) is 4.56. The van der Waals surface area contributed by atoms with Crippen LogP contribution in [0.25, 0.3) is 10.7 Å². The fourth-order valence-corrected chi connectivity index (χ4v) is 2.92. The highest BCUT2D eigenvalue weighted by Crippen LogP contribution is 2.27. The van der Waals surface area contributed by atoms with Crippen LogP contribution in [0.2, 0.25) is 0 Å². The summed E-state index contributed by atoms with van der Waals surface area (Å²) in [6, 6.07) is 7.20. The summed E-state index contributed by atoms with van der Waals surface area (Å²) in [5, 5.41) is 6.97. The quantitative estimate of drug-likeness (QED) is 0.705. The fraction of sp³-hybridized carbons (Fsp3) is 0.188. The molecule has 0 saturated carbocycles. The molecular weight excluding hydrogens is 310 g/mol. The van der Waals surface area contributed by atoms with Gasteiger partial charge in [-0.05, 0) is 49.7 Å². The van der Waals surface area contributed by atoms with E-state index in [1.54, 1.807) is 23.6 Å². The summed E-state index contributed by atoms with van der Waals surface area (Å²) in [6.07, 6.45) is 1.68. The van der Waals surface area contributed by atoms with Crippen molar-refractivity contribution in [3.63, 3.8) is 0 Å². The molecule has 0 fully saturated rings. The molecule has 0 aliphatic heterocycles. The predicted octanol–water partition coefficient (Wildman–Crippen LogP) is 4.67. The first kappa shape index (κ1) is 15.2. The first-order valence-electron chi connectivity index (χ1n) is 7.05. The second kappa shape index (κ2) is 6.21. The summed E-state index contributed by atoms with van der Waals surface area (Å²) in [4.78, 5) is 25.2. The molecule has 0 spiro atoms. The maximum absolute atomic E-state index is 10.8. The van der Waals surface area contributed by atoms with Gasteiger partial charge in [-0.1, -0.05) is 6.07 Å². The van der Waals surface area contributed by atoms with Crippen molar-refractivity contribution in [2.45, 2.75) is 20.8 Å². The van der Waals surface area contributed by atoms with Crippen molar-refractivity contribution in [1.29, 1.82) is 0 Å². The van der Waals surface area contributed by atoms with Crippen LogP contribution in [0.1, 0.15) is 16.1 Å². The summed E-state index contributed by atoms with van der Waals surface area (Å²) in [6.45, 7) is 5.86. The van der Waals surface area contributed by atoms with Crippen molar-refractivity contribution >= 4 is 28.7 Å². The lowest BCUT2D eigenvalue weighted by Crippen LogP contribution is -1.98. The van der Waals surface area contributed by atoms with E-state index >= 15 is 0 Å². The van der Waals surface area contributed by atoms with Crippen LogP contribution in [0.4, 0.5) is 17.3 Å².